The van der Waals surface area contributed by atoms with Crippen LogP contribution in [-0.4, -0.2) is 50.5 Å². The van der Waals surface area contributed by atoms with Crippen LogP contribution in [0.2, 0.25) is 0 Å². The smallest absolute Gasteiger partial charge is 0.339 e. The van der Waals surface area contributed by atoms with Crippen LogP contribution in [0.15, 0.2) is 41.3 Å². The van der Waals surface area contributed by atoms with Crippen LogP contribution in [0, 0.1) is 35.8 Å². The molecular formula is C23H16N4O8S. The van der Waals surface area contributed by atoms with Crippen molar-refractivity contribution in [1.82, 2.24) is 0 Å². The van der Waals surface area contributed by atoms with Crippen molar-refractivity contribution in [3.8, 4) is 23.6 Å². The van der Waals surface area contributed by atoms with Gasteiger partial charge in [0.1, 0.15) is 36.2 Å². The molecule has 0 fully saturated rings. The minimum absolute atomic E-state index is 0.0129. The van der Waals surface area contributed by atoms with Gasteiger partial charge in [0.2, 0.25) is 0 Å². The molecule has 0 aromatic heterocycles. The minimum atomic E-state index is -4.68. The zero-order chi connectivity index (χ0) is 26.7. The van der Waals surface area contributed by atoms with Gasteiger partial charge in [0, 0.05) is 10.4 Å². The highest BCUT2D eigenvalue weighted by Crippen LogP contribution is 2.16. The Morgan fingerprint density at radius 2 is 1.47 bits per heavy atom. The van der Waals surface area contributed by atoms with Gasteiger partial charge in [-0.15, -0.1) is 0 Å². The fourth-order valence-corrected chi connectivity index (χ4v) is 3.52. The highest BCUT2D eigenvalue weighted by Gasteiger charge is 2.21. The molecular weight excluding hydrogens is 492 g/mol. The second-order valence-electron chi connectivity index (χ2n) is 6.52. The topological polar surface area (TPSA) is 176 Å². The maximum atomic E-state index is 12.3. The Morgan fingerprint density at radius 1 is 0.944 bits per heavy atom. The highest BCUT2D eigenvalue weighted by atomic mass is 32.2. The first-order valence-corrected chi connectivity index (χ1v) is 11.2. The number of benzene rings is 2. The van der Waals surface area contributed by atoms with Gasteiger partial charge < -0.3 is 19.3 Å². The molecule has 182 valence electrons. The molecule has 0 amide bonds. The van der Waals surface area contributed by atoms with E-state index in [1.165, 1.54) is 24.3 Å². The Balaban J connectivity index is 2.41. The lowest BCUT2D eigenvalue weighted by atomic mass is 10.1. The van der Waals surface area contributed by atoms with Gasteiger partial charge in [-0.2, -0.15) is 8.42 Å². The van der Waals surface area contributed by atoms with Gasteiger partial charge >= 0.3 is 5.97 Å². The lowest BCUT2D eigenvalue weighted by Gasteiger charge is -2.12. The lowest BCUT2D eigenvalue weighted by molar-refractivity contribution is 0.0445. The molecule has 0 aliphatic heterocycles. The van der Waals surface area contributed by atoms with Crippen molar-refractivity contribution in [3.63, 3.8) is 0 Å². The SMILES string of the molecule is [C-]#[N+]C(C#N)=c1cc(OCCOC(=O)c2ccccc2S(=O)(=O)O)c(=C(C#N)[N+]#[C-])cc1OCCO. The number of hydrogen-bond donors (Lipinski definition) is 2. The monoisotopic (exact) mass is 508 g/mol. The predicted molar refractivity (Wildman–Crippen MR) is 122 cm³/mol. The van der Waals surface area contributed by atoms with Crippen molar-refractivity contribution in [2.24, 2.45) is 0 Å². The van der Waals surface area contributed by atoms with Crippen LogP contribution in [0.25, 0.3) is 21.1 Å². The Kier molecular flexibility index (Phi) is 9.50. The predicted octanol–water partition coefficient (Wildman–Crippen LogP) is 0.642. The molecule has 0 aliphatic rings. The fourth-order valence-electron chi connectivity index (χ4n) is 2.84. The van der Waals surface area contributed by atoms with Crippen LogP contribution >= 0.6 is 0 Å². The van der Waals surface area contributed by atoms with Crippen molar-refractivity contribution >= 4 is 27.5 Å². The number of rotatable bonds is 9. The summed E-state index contributed by atoms with van der Waals surface area (Å²) in [4.78, 5) is 17.9. The molecule has 12 nitrogen and oxygen atoms in total. The molecule has 2 rings (SSSR count). The Morgan fingerprint density at radius 3 is 1.94 bits per heavy atom. The molecule has 0 atom stereocenters. The fraction of sp³-hybridized carbons (Fsp3) is 0.174. The van der Waals surface area contributed by atoms with Crippen molar-refractivity contribution in [1.29, 1.82) is 10.5 Å². The quantitative estimate of drug-likeness (QED) is 0.212. The first-order chi connectivity index (χ1) is 17.2. The molecule has 36 heavy (non-hydrogen) atoms. The molecule has 0 radical (unpaired) electrons. The van der Waals surface area contributed by atoms with Crippen LogP contribution in [0.1, 0.15) is 10.4 Å². The summed E-state index contributed by atoms with van der Waals surface area (Å²) in [6.45, 7) is 13.1. The number of aliphatic hydroxyl groups is 1. The summed E-state index contributed by atoms with van der Waals surface area (Å²) in [5, 5.41) is 27.6. The molecule has 0 unspecified atom stereocenters. The molecule has 0 heterocycles. The van der Waals surface area contributed by atoms with E-state index in [2.05, 4.69) is 9.69 Å². The number of hydrogen-bond acceptors (Lipinski definition) is 9. The molecule has 0 aliphatic carbocycles. The number of nitrogens with zero attached hydrogens (tertiary/aromatic N) is 4. The summed E-state index contributed by atoms with van der Waals surface area (Å²) >= 11 is 0. The third-order valence-corrected chi connectivity index (χ3v) is 5.25. The average Bonchev–Trinajstić information content (AvgIpc) is 2.87. The number of carbonyl (C=O) groups excluding carboxylic acids is 1. The number of nitriles is 2. The maximum absolute atomic E-state index is 12.3. The van der Waals surface area contributed by atoms with Gasteiger partial charge in [-0.25, -0.2) is 25.0 Å². The Bertz CT molecular complexity index is 1540. The first kappa shape index (κ1) is 27.3. The van der Waals surface area contributed by atoms with Crippen molar-refractivity contribution in [2.45, 2.75) is 4.90 Å². The normalized spacial score (nSPS) is 12.1. The molecule has 0 saturated carbocycles. The molecule has 2 aromatic rings. The van der Waals surface area contributed by atoms with Crippen LogP contribution in [-0.2, 0) is 14.9 Å². The largest absolute Gasteiger partial charge is 0.492 e. The molecule has 0 bridgehead atoms. The zero-order valence-corrected chi connectivity index (χ0v) is 19.2. The van der Waals surface area contributed by atoms with Crippen molar-refractivity contribution in [2.75, 3.05) is 26.4 Å². The van der Waals surface area contributed by atoms with E-state index in [-0.39, 0.29) is 47.5 Å². The van der Waals surface area contributed by atoms with E-state index < -0.39 is 38.9 Å². The van der Waals surface area contributed by atoms with Crippen LogP contribution < -0.4 is 19.9 Å². The van der Waals surface area contributed by atoms with Gasteiger partial charge in [-0.05, 0) is 24.3 Å². The Labute approximate surface area is 205 Å². The summed E-state index contributed by atoms with van der Waals surface area (Å²) in [5.41, 5.74) is -1.17. The van der Waals surface area contributed by atoms with Gasteiger partial charge in [0.15, 0.2) is 0 Å². The van der Waals surface area contributed by atoms with Crippen LogP contribution in [0.4, 0.5) is 0 Å². The van der Waals surface area contributed by atoms with E-state index in [4.69, 9.17) is 32.5 Å². The van der Waals surface area contributed by atoms with Gasteiger partial charge in [0.25, 0.3) is 21.5 Å². The number of ether oxygens (including phenoxy) is 3. The van der Waals surface area contributed by atoms with Crippen molar-refractivity contribution in [3.05, 3.63) is 75.2 Å². The number of esters is 1. The Hall–Kier alpha value is -4.92. The zero-order valence-electron chi connectivity index (χ0n) is 18.3. The van der Waals surface area contributed by atoms with Gasteiger partial charge in [0.05, 0.1) is 37.5 Å². The highest BCUT2D eigenvalue weighted by molar-refractivity contribution is 7.86. The summed E-state index contributed by atoms with van der Waals surface area (Å²) in [6, 6.07) is 10.7. The third kappa shape index (κ3) is 6.57. The van der Waals surface area contributed by atoms with Gasteiger partial charge in [-0.1, -0.05) is 12.1 Å². The lowest BCUT2D eigenvalue weighted by Crippen LogP contribution is -2.22. The standard InChI is InChI=1S/C23H16N4O8S/c1-26-18(13-24)16-12-21(17(19(14-25)27-2)11-20(16)33-8-7-28)34-9-10-35-23(29)15-5-3-4-6-22(15)36(30,31)32/h3-6,11-12,28H,7-10H2,(H,30,31,32). The third-order valence-electron chi connectivity index (χ3n) is 4.34. The number of carbonyl (C=O) groups is 1. The van der Waals surface area contributed by atoms with E-state index >= 15 is 0 Å². The molecule has 2 N–H and O–H groups in total. The summed E-state index contributed by atoms with van der Waals surface area (Å²) in [7, 11) is -4.68. The minimum Gasteiger partial charge on any atom is -0.492 e. The molecule has 0 saturated heterocycles. The van der Waals surface area contributed by atoms with Gasteiger partial charge in [-0.3, -0.25) is 4.55 Å². The maximum Gasteiger partial charge on any atom is 0.339 e. The second-order valence-corrected chi connectivity index (χ2v) is 7.91. The van der Waals surface area contributed by atoms with E-state index in [9.17, 15) is 28.3 Å². The first-order valence-electron chi connectivity index (χ1n) is 9.79. The summed E-state index contributed by atoms with van der Waals surface area (Å²) < 4.78 is 48.1. The summed E-state index contributed by atoms with van der Waals surface area (Å²) in [5.74, 6) is -1.19. The van der Waals surface area contributed by atoms with Crippen molar-refractivity contribution < 1.29 is 37.1 Å². The second kappa shape index (κ2) is 12.5. The van der Waals surface area contributed by atoms with Crippen LogP contribution in [0.5, 0.6) is 11.5 Å². The molecule has 0 spiro atoms. The van der Waals surface area contributed by atoms with E-state index in [0.29, 0.717) is 0 Å². The van der Waals surface area contributed by atoms with E-state index in [1.54, 1.807) is 12.1 Å². The average molecular weight is 508 g/mol. The van der Waals surface area contributed by atoms with E-state index in [1.807, 2.05) is 0 Å². The molecule has 13 heteroatoms. The van der Waals surface area contributed by atoms with E-state index in [0.717, 1.165) is 12.1 Å². The number of aliphatic hydroxyl groups excluding tert-OH is 1. The molecule has 2 aromatic carbocycles. The van der Waals surface area contributed by atoms with Crippen LogP contribution in [0.3, 0.4) is 0 Å². The summed E-state index contributed by atoms with van der Waals surface area (Å²) in [6.07, 6.45) is 0.